The standard InChI is InChI=1S/C13H16BrNO.BrH/c1-15-6-8-2-3-10-9(11(8)7-15)4-5-12(16)13(10)14;/h4-5,8,11,16H,2-3,6-7H2,1H3;1H. The monoisotopic (exact) mass is 361 g/mol. The number of rotatable bonds is 0. The van der Waals surface area contributed by atoms with Crippen LogP contribution in [0.4, 0.5) is 0 Å². The van der Waals surface area contributed by atoms with Gasteiger partial charge in [-0.05, 0) is 58.9 Å². The van der Waals surface area contributed by atoms with E-state index < -0.39 is 0 Å². The topological polar surface area (TPSA) is 23.5 Å². The SMILES string of the molecule is Br.CN1CC2CCc3c(ccc(O)c3Br)C2C1. The Hall–Kier alpha value is -0.0600. The number of fused-ring (bicyclic) bond motifs is 3. The third kappa shape index (κ3) is 2.15. The molecule has 4 heteroatoms. The van der Waals surface area contributed by atoms with E-state index in [1.165, 1.54) is 24.1 Å². The Morgan fingerprint density at radius 2 is 2.12 bits per heavy atom. The summed E-state index contributed by atoms with van der Waals surface area (Å²) in [4.78, 5) is 2.42. The molecular weight excluding hydrogens is 346 g/mol. The molecule has 1 aromatic carbocycles. The van der Waals surface area contributed by atoms with Crippen LogP contribution >= 0.6 is 32.9 Å². The molecular formula is C13H17Br2NO. The number of aromatic hydroxyl groups is 1. The summed E-state index contributed by atoms with van der Waals surface area (Å²) in [6, 6.07) is 3.94. The van der Waals surface area contributed by atoms with Crippen LogP contribution in [0.25, 0.3) is 0 Å². The lowest BCUT2D eigenvalue weighted by molar-refractivity contribution is 0.386. The van der Waals surface area contributed by atoms with E-state index in [2.05, 4.69) is 33.9 Å². The van der Waals surface area contributed by atoms with Crippen LogP contribution in [0.3, 0.4) is 0 Å². The lowest BCUT2D eigenvalue weighted by atomic mass is 9.77. The van der Waals surface area contributed by atoms with Crippen molar-refractivity contribution in [2.24, 2.45) is 5.92 Å². The Morgan fingerprint density at radius 3 is 2.88 bits per heavy atom. The summed E-state index contributed by atoms with van der Waals surface area (Å²) in [6.45, 7) is 2.39. The molecule has 1 heterocycles. The molecule has 0 saturated carbocycles. The second kappa shape index (κ2) is 4.90. The first-order valence-electron chi connectivity index (χ1n) is 5.85. The van der Waals surface area contributed by atoms with Gasteiger partial charge in [0.25, 0.3) is 0 Å². The first kappa shape index (κ1) is 13.4. The highest BCUT2D eigenvalue weighted by atomic mass is 79.9. The number of likely N-dealkylation sites (tertiary alicyclic amines) is 1. The zero-order chi connectivity index (χ0) is 11.3. The van der Waals surface area contributed by atoms with Crippen LogP contribution in [0.2, 0.25) is 0 Å². The number of phenols is 1. The maximum atomic E-state index is 9.71. The van der Waals surface area contributed by atoms with E-state index in [4.69, 9.17) is 0 Å². The van der Waals surface area contributed by atoms with E-state index in [0.717, 1.165) is 23.4 Å². The van der Waals surface area contributed by atoms with Gasteiger partial charge in [-0.15, -0.1) is 17.0 Å². The fourth-order valence-electron chi connectivity index (χ4n) is 3.29. The van der Waals surface area contributed by atoms with Crippen LogP contribution in [0.15, 0.2) is 16.6 Å². The molecule has 1 saturated heterocycles. The van der Waals surface area contributed by atoms with Crippen LogP contribution in [0, 0.1) is 5.92 Å². The summed E-state index contributed by atoms with van der Waals surface area (Å²) >= 11 is 3.51. The highest BCUT2D eigenvalue weighted by Gasteiger charge is 2.36. The van der Waals surface area contributed by atoms with Crippen molar-refractivity contribution in [2.75, 3.05) is 20.1 Å². The Labute approximate surface area is 121 Å². The lowest BCUT2D eigenvalue weighted by Crippen LogP contribution is -2.19. The molecule has 1 aliphatic heterocycles. The number of phenolic OH excluding ortho intramolecular Hbond substituents is 1. The maximum absolute atomic E-state index is 9.71. The molecule has 2 nitrogen and oxygen atoms in total. The average molecular weight is 363 g/mol. The van der Waals surface area contributed by atoms with E-state index >= 15 is 0 Å². The minimum atomic E-state index is 0. The summed E-state index contributed by atoms with van der Waals surface area (Å²) in [5, 5.41) is 9.71. The van der Waals surface area contributed by atoms with Gasteiger partial charge in [-0.1, -0.05) is 6.07 Å². The third-order valence-electron chi connectivity index (χ3n) is 4.05. The van der Waals surface area contributed by atoms with Gasteiger partial charge in [-0.25, -0.2) is 0 Å². The molecule has 94 valence electrons. The van der Waals surface area contributed by atoms with Crippen LogP contribution < -0.4 is 0 Å². The highest BCUT2D eigenvalue weighted by Crippen LogP contribution is 2.45. The van der Waals surface area contributed by atoms with Crippen molar-refractivity contribution in [3.8, 4) is 5.75 Å². The van der Waals surface area contributed by atoms with Crippen molar-refractivity contribution in [1.82, 2.24) is 4.90 Å². The van der Waals surface area contributed by atoms with E-state index in [1.807, 2.05) is 6.07 Å². The van der Waals surface area contributed by atoms with Gasteiger partial charge in [-0.3, -0.25) is 0 Å². The molecule has 0 aromatic heterocycles. The molecule has 2 aliphatic rings. The van der Waals surface area contributed by atoms with E-state index in [9.17, 15) is 5.11 Å². The molecule has 1 fully saturated rings. The fourth-order valence-corrected chi connectivity index (χ4v) is 3.85. The average Bonchev–Trinajstić information content (AvgIpc) is 2.63. The van der Waals surface area contributed by atoms with Crippen molar-refractivity contribution in [3.05, 3.63) is 27.7 Å². The van der Waals surface area contributed by atoms with Crippen molar-refractivity contribution in [1.29, 1.82) is 0 Å². The van der Waals surface area contributed by atoms with Gasteiger partial charge in [0.1, 0.15) is 5.75 Å². The number of hydrogen-bond acceptors (Lipinski definition) is 2. The number of hydrogen-bond donors (Lipinski definition) is 1. The van der Waals surface area contributed by atoms with Gasteiger partial charge in [0.15, 0.2) is 0 Å². The molecule has 0 bridgehead atoms. The first-order chi connectivity index (χ1) is 7.66. The van der Waals surface area contributed by atoms with Crippen LogP contribution in [-0.2, 0) is 6.42 Å². The maximum Gasteiger partial charge on any atom is 0.130 e. The Morgan fingerprint density at radius 1 is 1.35 bits per heavy atom. The lowest BCUT2D eigenvalue weighted by Gasteiger charge is -2.28. The van der Waals surface area contributed by atoms with Crippen molar-refractivity contribution in [2.45, 2.75) is 18.8 Å². The zero-order valence-electron chi connectivity index (χ0n) is 9.82. The smallest absolute Gasteiger partial charge is 0.130 e. The molecule has 3 rings (SSSR count). The predicted molar refractivity (Wildman–Crippen MR) is 78.2 cm³/mol. The van der Waals surface area contributed by atoms with Gasteiger partial charge >= 0.3 is 0 Å². The molecule has 0 amide bonds. The van der Waals surface area contributed by atoms with Crippen LogP contribution in [-0.4, -0.2) is 30.1 Å². The number of benzene rings is 1. The second-order valence-electron chi connectivity index (χ2n) is 5.09. The molecule has 0 spiro atoms. The van der Waals surface area contributed by atoms with Gasteiger partial charge in [-0.2, -0.15) is 0 Å². The molecule has 17 heavy (non-hydrogen) atoms. The van der Waals surface area contributed by atoms with Gasteiger partial charge < -0.3 is 10.0 Å². The van der Waals surface area contributed by atoms with Gasteiger partial charge in [0.05, 0.1) is 4.47 Å². The number of nitrogens with zero attached hydrogens (tertiary/aromatic N) is 1. The quantitative estimate of drug-likeness (QED) is 0.765. The summed E-state index contributed by atoms with van der Waals surface area (Å²) < 4.78 is 0.915. The fraction of sp³-hybridized carbons (Fsp3) is 0.538. The van der Waals surface area contributed by atoms with Crippen molar-refractivity contribution in [3.63, 3.8) is 0 Å². The predicted octanol–water partition coefficient (Wildman–Crippen LogP) is 3.32. The molecule has 0 radical (unpaired) electrons. The number of likely N-dealkylation sites (N-methyl/N-ethyl adjacent to an activating group) is 1. The van der Waals surface area contributed by atoms with Crippen molar-refractivity contribution < 1.29 is 5.11 Å². The summed E-state index contributed by atoms with van der Waals surface area (Å²) in [5.74, 6) is 1.86. The molecule has 2 atom stereocenters. The van der Waals surface area contributed by atoms with Crippen LogP contribution in [0.5, 0.6) is 5.75 Å². The third-order valence-corrected chi connectivity index (χ3v) is 4.93. The molecule has 2 unspecified atom stereocenters. The summed E-state index contributed by atoms with van der Waals surface area (Å²) in [5.41, 5.74) is 2.78. The Balaban J connectivity index is 0.00000108. The summed E-state index contributed by atoms with van der Waals surface area (Å²) in [6.07, 6.45) is 2.35. The second-order valence-corrected chi connectivity index (χ2v) is 5.89. The van der Waals surface area contributed by atoms with E-state index in [-0.39, 0.29) is 17.0 Å². The van der Waals surface area contributed by atoms with E-state index in [1.54, 1.807) is 0 Å². The summed E-state index contributed by atoms with van der Waals surface area (Å²) in [7, 11) is 2.20. The van der Waals surface area contributed by atoms with Crippen LogP contribution in [0.1, 0.15) is 23.5 Å². The van der Waals surface area contributed by atoms with Gasteiger partial charge in [0, 0.05) is 19.0 Å². The minimum Gasteiger partial charge on any atom is -0.507 e. The first-order valence-corrected chi connectivity index (χ1v) is 6.65. The highest BCUT2D eigenvalue weighted by molar-refractivity contribution is 9.10. The van der Waals surface area contributed by atoms with Crippen molar-refractivity contribution >= 4 is 32.9 Å². The molecule has 1 aromatic rings. The van der Waals surface area contributed by atoms with E-state index in [0.29, 0.717) is 11.7 Å². The largest absolute Gasteiger partial charge is 0.507 e. The molecule has 1 N–H and O–H groups in total. The minimum absolute atomic E-state index is 0. The normalized spacial score (nSPS) is 27.2. The Bertz CT molecular complexity index is 436. The Kier molecular flexibility index (Phi) is 3.86. The number of halogens is 2. The zero-order valence-corrected chi connectivity index (χ0v) is 13.1. The molecule has 1 aliphatic carbocycles. The van der Waals surface area contributed by atoms with Gasteiger partial charge in [0.2, 0.25) is 0 Å².